The predicted molar refractivity (Wildman–Crippen MR) is 132 cm³/mol. The number of nitrogens with one attached hydrogen (secondary N) is 1. The van der Waals surface area contributed by atoms with Gasteiger partial charge in [-0.15, -0.1) is 11.3 Å². The second kappa shape index (κ2) is 8.09. The molecule has 0 saturated carbocycles. The number of amides is 2. The monoisotopic (exact) mass is 441 g/mol. The summed E-state index contributed by atoms with van der Waals surface area (Å²) in [7, 11) is 0. The van der Waals surface area contributed by atoms with E-state index in [9.17, 15) is 4.79 Å². The van der Waals surface area contributed by atoms with Crippen molar-refractivity contribution in [3.8, 4) is 0 Å². The van der Waals surface area contributed by atoms with E-state index in [1.807, 2.05) is 31.4 Å². The number of urea groups is 1. The summed E-state index contributed by atoms with van der Waals surface area (Å²) >= 11 is 1.50. The van der Waals surface area contributed by atoms with E-state index in [2.05, 4.69) is 69.4 Å². The van der Waals surface area contributed by atoms with Gasteiger partial charge in [0, 0.05) is 29.0 Å². The van der Waals surface area contributed by atoms with Crippen molar-refractivity contribution in [3.05, 3.63) is 77.6 Å². The second-order valence-electron chi connectivity index (χ2n) is 7.47. The SMILES string of the molecule is CC.Cc1cccc(Cn2ccc3cc(N4C(=O)Nc5csc6ncnc4c56)ccc32)c1. The maximum absolute atomic E-state index is 12.9. The fraction of sp³-hybridized carbons (Fsp3) is 0.160. The Morgan fingerprint density at radius 3 is 2.78 bits per heavy atom. The molecule has 0 saturated heterocycles. The molecule has 5 aromatic rings. The Kier molecular flexibility index (Phi) is 5.11. The van der Waals surface area contributed by atoms with Gasteiger partial charge in [-0.05, 0) is 36.8 Å². The van der Waals surface area contributed by atoms with Crippen LogP contribution >= 0.6 is 11.3 Å². The van der Waals surface area contributed by atoms with Gasteiger partial charge in [0.15, 0.2) is 5.82 Å². The van der Waals surface area contributed by atoms with E-state index >= 15 is 0 Å². The summed E-state index contributed by atoms with van der Waals surface area (Å²) in [6, 6.07) is 16.5. The normalized spacial score (nSPS) is 12.6. The van der Waals surface area contributed by atoms with Crippen LogP contribution in [0.4, 0.5) is 22.0 Å². The van der Waals surface area contributed by atoms with E-state index in [-0.39, 0.29) is 6.03 Å². The van der Waals surface area contributed by atoms with Crippen LogP contribution in [0.25, 0.3) is 21.1 Å². The van der Waals surface area contributed by atoms with E-state index in [1.165, 1.54) is 28.8 Å². The number of carbonyl (C=O) groups excluding carboxylic acids is 1. The zero-order chi connectivity index (χ0) is 22.2. The number of aryl methyl sites for hydroxylation is 1. The molecule has 1 N–H and O–H groups in total. The zero-order valence-electron chi connectivity index (χ0n) is 18.2. The van der Waals surface area contributed by atoms with Gasteiger partial charge >= 0.3 is 6.03 Å². The average molecular weight is 442 g/mol. The van der Waals surface area contributed by atoms with E-state index in [0.29, 0.717) is 5.82 Å². The van der Waals surface area contributed by atoms with Crippen molar-refractivity contribution in [2.24, 2.45) is 0 Å². The van der Waals surface area contributed by atoms with Gasteiger partial charge in [0.1, 0.15) is 11.2 Å². The molecule has 1 aliphatic heterocycles. The van der Waals surface area contributed by atoms with Crippen molar-refractivity contribution in [1.29, 1.82) is 0 Å². The van der Waals surface area contributed by atoms with Gasteiger partial charge in [0.05, 0.1) is 16.8 Å². The number of rotatable bonds is 3. The molecule has 2 amide bonds. The highest BCUT2D eigenvalue weighted by Gasteiger charge is 2.29. The number of thiophene rings is 1. The highest BCUT2D eigenvalue weighted by Crippen LogP contribution is 2.41. The minimum absolute atomic E-state index is 0.209. The van der Waals surface area contributed by atoms with Crippen LogP contribution in [-0.2, 0) is 6.54 Å². The molecule has 0 unspecified atom stereocenters. The highest BCUT2D eigenvalue weighted by molar-refractivity contribution is 7.17. The Hall–Kier alpha value is -3.71. The highest BCUT2D eigenvalue weighted by atomic mass is 32.1. The van der Waals surface area contributed by atoms with Crippen molar-refractivity contribution in [2.45, 2.75) is 27.3 Å². The van der Waals surface area contributed by atoms with Crippen LogP contribution in [0.3, 0.4) is 0 Å². The summed E-state index contributed by atoms with van der Waals surface area (Å²) in [5.41, 5.74) is 5.20. The Labute approximate surface area is 190 Å². The molecule has 3 aromatic heterocycles. The number of benzene rings is 2. The first-order valence-electron chi connectivity index (χ1n) is 10.7. The summed E-state index contributed by atoms with van der Waals surface area (Å²) in [5, 5.41) is 6.83. The van der Waals surface area contributed by atoms with E-state index in [0.717, 1.165) is 39.0 Å². The lowest BCUT2D eigenvalue weighted by atomic mass is 10.1. The maximum atomic E-state index is 12.9. The third-order valence-corrected chi connectivity index (χ3v) is 6.34. The van der Waals surface area contributed by atoms with E-state index in [4.69, 9.17) is 0 Å². The lowest BCUT2D eigenvalue weighted by molar-refractivity contribution is 0.258. The number of anilines is 3. The number of hydrogen-bond donors (Lipinski definition) is 1. The number of carbonyl (C=O) groups is 1. The molecule has 4 heterocycles. The van der Waals surface area contributed by atoms with Crippen LogP contribution < -0.4 is 10.2 Å². The van der Waals surface area contributed by atoms with Crippen molar-refractivity contribution >= 4 is 55.7 Å². The number of hydrogen-bond acceptors (Lipinski definition) is 4. The van der Waals surface area contributed by atoms with Crippen molar-refractivity contribution in [2.75, 3.05) is 10.2 Å². The molecular weight excluding hydrogens is 418 g/mol. The van der Waals surface area contributed by atoms with Crippen LogP contribution in [0, 0.1) is 6.92 Å². The minimum Gasteiger partial charge on any atom is -0.343 e. The Bertz CT molecular complexity index is 1450. The molecule has 160 valence electrons. The first kappa shape index (κ1) is 20.2. The zero-order valence-corrected chi connectivity index (χ0v) is 19.0. The molecule has 2 aromatic carbocycles. The first-order valence-corrected chi connectivity index (χ1v) is 11.5. The Balaban J connectivity index is 0.00000105. The standard InChI is InChI=1S/C23H17N5OS.C2H6/c1-14-3-2-4-15(9-14)11-27-8-7-16-10-17(5-6-19(16)27)28-21-20-18(26-23(28)29)12-30-22(20)25-13-24-21;1-2/h2-10,12-13H,11H2,1H3,(H,26,29);1-2H3. The number of fused-ring (bicyclic) bond motifs is 1. The molecule has 6 rings (SSSR count). The van der Waals surface area contributed by atoms with Crippen LogP contribution in [0.15, 0.2) is 66.4 Å². The molecule has 0 fully saturated rings. The van der Waals surface area contributed by atoms with Crippen LogP contribution in [0.2, 0.25) is 0 Å². The smallest absolute Gasteiger partial charge is 0.332 e. The quantitative estimate of drug-likeness (QED) is 0.338. The first-order chi connectivity index (χ1) is 15.7. The van der Waals surface area contributed by atoms with Gasteiger partial charge in [-0.1, -0.05) is 43.7 Å². The molecule has 0 radical (unpaired) electrons. The molecular formula is C25H23N5OS. The van der Waals surface area contributed by atoms with Crippen molar-refractivity contribution in [1.82, 2.24) is 14.5 Å². The molecule has 7 heteroatoms. The Morgan fingerprint density at radius 2 is 1.94 bits per heavy atom. The second-order valence-corrected chi connectivity index (χ2v) is 8.33. The molecule has 0 aliphatic carbocycles. The Morgan fingerprint density at radius 1 is 1.06 bits per heavy atom. The van der Waals surface area contributed by atoms with Crippen LogP contribution in [0.5, 0.6) is 0 Å². The van der Waals surface area contributed by atoms with E-state index in [1.54, 1.807) is 4.90 Å². The van der Waals surface area contributed by atoms with E-state index < -0.39 is 0 Å². The van der Waals surface area contributed by atoms with Crippen molar-refractivity contribution < 1.29 is 4.79 Å². The fourth-order valence-corrected chi connectivity index (χ4v) is 4.93. The molecule has 0 spiro atoms. The van der Waals surface area contributed by atoms with Gasteiger partial charge in [-0.3, -0.25) is 0 Å². The number of nitrogens with zero attached hydrogens (tertiary/aromatic N) is 4. The van der Waals surface area contributed by atoms with Gasteiger partial charge in [-0.2, -0.15) is 0 Å². The third kappa shape index (κ3) is 3.31. The van der Waals surface area contributed by atoms with Gasteiger partial charge in [-0.25, -0.2) is 19.7 Å². The summed E-state index contributed by atoms with van der Waals surface area (Å²) in [6.07, 6.45) is 3.60. The lowest BCUT2D eigenvalue weighted by Crippen LogP contribution is -2.34. The summed E-state index contributed by atoms with van der Waals surface area (Å²) < 4.78 is 2.23. The molecule has 32 heavy (non-hydrogen) atoms. The minimum atomic E-state index is -0.209. The van der Waals surface area contributed by atoms with Gasteiger partial charge in [0.2, 0.25) is 0 Å². The molecule has 1 aliphatic rings. The van der Waals surface area contributed by atoms with Crippen molar-refractivity contribution in [3.63, 3.8) is 0 Å². The maximum Gasteiger partial charge on any atom is 0.332 e. The van der Waals surface area contributed by atoms with Gasteiger partial charge in [0.25, 0.3) is 0 Å². The van der Waals surface area contributed by atoms with Crippen LogP contribution in [-0.4, -0.2) is 20.6 Å². The fourth-order valence-electron chi connectivity index (χ4n) is 4.10. The topological polar surface area (TPSA) is 63.1 Å². The average Bonchev–Trinajstić information content (AvgIpc) is 3.40. The third-order valence-electron chi connectivity index (χ3n) is 5.45. The predicted octanol–water partition coefficient (Wildman–Crippen LogP) is 6.71. The molecule has 0 atom stereocenters. The largest absolute Gasteiger partial charge is 0.343 e. The van der Waals surface area contributed by atoms with Gasteiger partial charge < -0.3 is 9.88 Å². The molecule has 6 nitrogen and oxygen atoms in total. The van der Waals surface area contributed by atoms with Crippen LogP contribution in [0.1, 0.15) is 25.0 Å². The number of aromatic nitrogens is 3. The summed E-state index contributed by atoms with van der Waals surface area (Å²) in [6.45, 7) is 6.91. The summed E-state index contributed by atoms with van der Waals surface area (Å²) in [4.78, 5) is 24.1. The molecule has 0 bridgehead atoms. The lowest BCUT2D eigenvalue weighted by Gasteiger charge is -2.26. The summed E-state index contributed by atoms with van der Waals surface area (Å²) in [5.74, 6) is 0.624.